The summed E-state index contributed by atoms with van der Waals surface area (Å²) in [5.74, 6) is -0.747. The summed E-state index contributed by atoms with van der Waals surface area (Å²) >= 11 is 0. The molecule has 0 aliphatic heterocycles. The summed E-state index contributed by atoms with van der Waals surface area (Å²) in [4.78, 5) is 28.1. The Morgan fingerprint density at radius 2 is 1.75 bits per heavy atom. The average Bonchev–Trinajstić information content (AvgIpc) is 2.90. The molecule has 0 aliphatic carbocycles. The molecule has 36 heavy (non-hydrogen) atoms. The molecule has 0 heterocycles. The van der Waals surface area contributed by atoms with Crippen molar-refractivity contribution in [2.75, 3.05) is 19.0 Å². The number of methoxy groups -OCH3 is 1. The van der Waals surface area contributed by atoms with Crippen molar-refractivity contribution in [2.24, 2.45) is 10.7 Å². The highest BCUT2D eigenvalue weighted by Crippen LogP contribution is 2.20. The lowest BCUT2D eigenvalue weighted by molar-refractivity contribution is -0.125. The summed E-state index contributed by atoms with van der Waals surface area (Å²) in [5.41, 5.74) is 9.95. The van der Waals surface area contributed by atoms with E-state index in [1.54, 1.807) is 20.2 Å². The number of hydrogen-bond acceptors (Lipinski definition) is 6. The van der Waals surface area contributed by atoms with Crippen LogP contribution >= 0.6 is 0 Å². The van der Waals surface area contributed by atoms with E-state index in [4.69, 9.17) is 20.3 Å². The summed E-state index contributed by atoms with van der Waals surface area (Å²) in [6.07, 6.45) is 0.858. The van der Waals surface area contributed by atoms with E-state index in [0.717, 1.165) is 11.1 Å². The normalized spacial score (nSPS) is 12.6. The molecular weight excluding hydrogens is 458 g/mol. The monoisotopic (exact) mass is 487 g/mol. The quantitative estimate of drug-likeness (QED) is 0.345. The maximum Gasteiger partial charge on any atom is 0.335 e. The highest BCUT2D eigenvalue weighted by molar-refractivity contribution is 5.95. The second-order valence-corrected chi connectivity index (χ2v) is 7.95. The Kier molecular flexibility index (Phi) is 9.36. The van der Waals surface area contributed by atoms with E-state index >= 15 is 0 Å². The number of rotatable bonds is 11. The number of carbonyl (C=O) groups excluding carboxylic acids is 1. The third-order valence-corrected chi connectivity index (χ3v) is 5.35. The largest absolute Gasteiger partial charge is 0.497 e. The first-order valence-corrected chi connectivity index (χ1v) is 11.3. The van der Waals surface area contributed by atoms with E-state index < -0.39 is 12.1 Å². The molecule has 0 bridgehead atoms. The van der Waals surface area contributed by atoms with Crippen LogP contribution < -0.4 is 15.8 Å². The Morgan fingerprint density at radius 3 is 2.42 bits per heavy atom. The molecule has 0 saturated heterocycles. The zero-order chi connectivity index (χ0) is 25.9. The maximum atomic E-state index is 12.6. The van der Waals surface area contributed by atoms with Gasteiger partial charge in [0.1, 0.15) is 11.9 Å². The molecule has 0 saturated carbocycles. The minimum atomic E-state index is -1.04. The Bertz CT molecular complexity index is 1240. The van der Waals surface area contributed by atoms with Crippen LogP contribution in [0, 0.1) is 0 Å². The molecule has 8 heteroatoms. The first-order chi connectivity index (χ1) is 17.4. The van der Waals surface area contributed by atoms with Crippen LogP contribution in [0.3, 0.4) is 0 Å². The van der Waals surface area contributed by atoms with Gasteiger partial charge in [-0.15, -0.1) is 0 Å². The van der Waals surface area contributed by atoms with Crippen molar-refractivity contribution in [1.29, 1.82) is 0 Å². The predicted octanol–water partition coefficient (Wildman–Crippen LogP) is 4.38. The second-order valence-electron chi connectivity index (χ2n) is 7.95. The molecule has 8 nitrogen and oxygen atoms in total. The number of hydrogen-bond donors (Lipinski definition) is 3. The summed E-state index contributed by atoms with van der Waals surface area (Å²) in [6, 6.07) is 23.0. The molecule has 0 spiro atoms. The molecule has 0 radical (unpaired) electrons. The van der Waals surface area contributed by atoms with Crippen molar-refractivity contribution < 1.29 is 24.2 Å². The second kappa shape index (κ2) is 12.9. The molecule has 186 valence electrons. The van der Waals surface area contributed by atoms with Crippen molar-refractivity contribution in [3.05, 3.63) is 101 Å². The number of anilines is 1. The van der Waals surface area contributed by atoms with E-state index in [1.807, 2.05) is 54.6 Å². The first kappa shape index (κ1) is 26.2. The molecule has 3 aromatic carbocycles. The fraction of sp³-hybridized carbons (Fsp3) is 0.179. The van der Waals surface area contributed by atoms with Gasteiger partial charge in [-0.05, 0) is 48.9 Å². The van der Waals surface area contributed by atoms with E-state index in [2.05, 4.69) is 10.3 Å². The van der Waals surface area contributed by atoms with Crippen LogP contribution in [0.2, 0.25) is 0 Å². The molecule has 0 aromatic heterocycles. The van der Waals surface area contributed by atoms with Crippen LogP contribution in [0.1, 0.15) is 28.4 Å². The molecule has 0 aliphatic rings. The number of carboxylic acid groups (broad SMARTS) is 1. The van der Waals surface area contributed by atoms with Crippen LogP contribution in [-0.4, -0.2) is 43.0 Å². The van der Waals surface area contributed by atoms with Gasteiger partial charge in [0.2, 0.25) is 0 Å². The third kappa shape index (κ3) is 7.54. The number of aliphatic imine (C=N–C) groups is 1. The number of ether oxygens (including phenoxy) is 2. The van der Waals surface area contributed by atoms with Gasteiger partial charge in [0, 0.05) is 28.7 Å². The standard InChI is InChI=1S/C28H29N3O5/c1-19(27(32)31-24-13-11-21(12-14-24)28(33)34)36-18-23(17-30-16-20-7-4-3-5-8-20)26(29)22-9-6-10-25(15-22)35-2/h3-15,17,19H,16,18,29H2,1-2H3,(H,31,32)(H,33,34)/b26-23+,30-17?. The maximum absolute atomic E-state index is 12.6. The fourth-order valence-electron chi connectivity index (χ4n) is 3.24. The lowest BCUT2D eigenvalue weighted by Gasteiger charge is -2.15. The highest BCUT2D eigenvalue weighted by atomic mass is 16.5. The van der Waals surface area contributed by atoms with Crippen molar-refractivity contribution in [3.63, 3.8) is 0 Å². The van der Waals surface area contributed by atoms with Gasteiger partial charge in [-0.25, -0.2) is 4.79 Å². The van der Waals surface area contributed by atoms with Gasteiger partial charge in [0.05, 0.1) is 25.8 Å². The molecule has 3 aromatic rings. The number of carbonyl (C=O) groups is 2. The Morgan fingerprint density at radius 1 is 1.03 bits per heavy atom. The van der Waals surface area contributed by atoms with Crippen LogP contribution in [0.25, 0.3) is 5.70 Å². The molecular formula is C28H29N3O5. The average molecular weight is 488 g/mol. The van der Waals surface area contributed by atoms with Crippen molar-refractivity contribution in [3.8, 4) is 5.75 Å². The summed E-state index contributed by atoms with van der Waals surface area (Å²) < 4.78 is 11.1. The molecule has 1 atom stereocenters. The number of aromatic carboxylic acids is 1. The van der Waals surface area contributed by atoms with Gasteiger partial charge in [-0.1, -0.05) is 42.5 Å². The lowest BCUT2D eigenvalue weighted by atomic mass is 10.1. The predicted molar refractivity (Wildman–Crippen MR) is 140 cm³/mol. The van der Waals surface area contributed by atoms with Gasteiger partial charge >= 0.3 is 5.97 Å². The minimum absolute atomic E-state index is 0.0495. The Labute approximate surface area is 210 Å². The summed E-state index contributed by atoms with van der Waals surface area (Å²) in [5, 5.41) is 11.7. The topological polar surface area (TPSA) is 123 Å². The first-order valence-electron chi connectivity index (χ1n) is 11.3. The highest BCUT2D eigenvalue weighted by Gasteiger charge is 2.16. The van der Waals surface area contributed by atoms with Crippen molar-refractivity contribution in [2.45, 2.75) is 19.6 Å². The van der Waals surface area contributed by atoms with E-state index in [9.17, 15) is 9.59 Å². The molecule has 1 unspecified atom stereocenters. The number of nitrogens with two attached hydrogens (primary N) is 1. The third-order valence-electron chi connectivity index (χ3n) is 5.35. The van der Waals surface area contributed by atoms with Gasteiger partial charge in [0.25, 0.3) is 5.91 Å². The molecule has 4 N–H and O–H groups in total. The SMILES string of the molecule is COc1cccc(/C(N)=C(/C=NCc2ccccc2)COC(C)C(=O)Nc2ccc(C(=O)O)cc2)c1. The van der Waals surface area contributed by atoms with Crippen LogP contribution in [0.4, 0.5) is 5.69 Å². The molecule has 0 fully saturated rings. The number of amides is 1. The smallest absolute Gasteiger partial charge is 0.335 e. The van der Waals surface area contributed by atoms with Gasteiger partial charge in [-0.2, -0.15) is 0 Å². The van der Waals surface area contributed by atoms with E-state index in [-0.39, 0.29) is 18.1 Å². The van der Waals surface area contributed by atoms with Crippen LogP contribution in [0.5, 0.6) is 5.75 Å². The Balaban J connectivity index is 1.72. The van der Waals surface area contributed by atoms with Gasteiger partial charge < -0.3 is 25.6 Å². The van der Waals surface area contributed by atoms with Gasteiger partial charge in [0.15, 0.2) is 0 Å². The Hall–Kier alpha value is -4.43. The number of nitrogens with one attached hydrogen (secondary N) is 1. The van der Waals surface area contributed by atoms with Crippen molar-refractivity contribution in [1.82, 2.24) is 0 Å². The number of nitrogens with zero attached hydrogens (tertiary/aromatic N) is 1. The zero-order valence-electron chi connectivity index (χ0n) is 20.2. The number of carboxylic acids is 1. The molecule has 1 amide bonds. The van der Waals surface area contributed by atoms with Crippen LogP contribution in [-0.2, 0) is 16.1 Å². The minimum Gasteiger partial charge on any atom is -0.497 e. The summed E-state index contributed by atoms with van der Waals surface area (Å²) in [6.45, 7) is 2.15. The van der Waals surface area contributed by atoms with Crippen molar-refractivity contribution >= 4 is 29.5 Å². The summed E-state index contributed by atoms with van der Waals surface area (Å²) in [7, 11) is 1.58. The fourth-order valence-corrected chi connectivity index (χ4v) is 3.24. The zero-order valence-corrected chi connectivity index (χ0v) is 20.2. The molecule has 3 rings (SSSR count). The van der Waals surface area contributed by atoms with Gasteiger partial charge in [-0.3, -0.25) is 9.79 Å². The lowest BCUT2D eigenvalue weighted by Crippen LogP contribution is -2.28. The van der Waals surface area contributed by atoms with Crippen LogP contribution in [0.15, 0.2) is 89.4 Å². The van der Waals surface area contributed by atoms with E-state index in [0.29, 0.717) is 29.3 Å². The van der Waals surface area contributed by atoms with E-state index in [1.165, 1.54) is 24.3 Å². The number of benzene rings is 3.